The number of ether oxygens (including phenoxy) is 2. The number of carbonyl (C=O) groups is 2. The Labute approximate surface area is 103 Å². The first-order chi connectivity index (χ1) is 7.82. The summed E-state index contributed by atoms with van der Waals surface area (Å²) in [5, 5.41) is 0. The maximum Gasteiger partial charge on any atom is 0.410 e. The number of likely N-dealkylation sites (N-methyl/N-ethyl adjacent to an activating group) is 1. The Hall–Kier alpha value is -1.26. The van der Waals surface area contributed by atoms with Crippen LogP contribution >= 0.6 is 0 Å². The van der Waals surface area contributed by atoms with Crippen LogP contribution in [-0.4, -0.2) is 43.8 Å². The van der Waals surface area contributed by atoms with Gasteiger partial charge in [-0.15, -0.1) is 0 Å². The molecule has 0 aromatic heterocycles. The second kappa shape index (κ2) is 7.92. The van der Waals surface area contributed by atoms with Crippen molar-refractivity contribution in [3.8, 4) is 0 Å². The second-order valence-corrected chi connectivity index (χ2v) is 4.90. The molecule has 5 nitrogen and oxygen atoms in total. The standard InChI is InChI=1S/C12H23NO4/c1-9(2)7-16-11(14)6-13(5)12(15)17-8-10(3)4/h9-10H,6-8H2,1-5H3. The molecule has 0 fully saturated rings. The van der Waals surface area contributed by atoms with Gasteiger partial charge in [-0.05, 0) is 11.8 Å². The van der Waals surface area contributed by atoms with E-state index in [0.717, 1.165) is 0 Å². The Morgan fingerprint density at radius 2 is 1.47 bits per heavy atom. The zero-order chi connectivity index (χ0) is 13.4. The highest BCUT2D eigenvalue weighted by molar-refractivity contribution is 5.77. The molecule has 0 saturated heterocycles. The van der Waals surface area contributed by atoms with Gasteiger partial charge in [0.25, 0.3) is 0 Å². The van der Waals surface area contributed by atoms with E-state index >= 15 is 0 Å². The summed E-state index contributed by atoms with van der Waals surface area (Å²) < 4.78 is 9.93. The average molecular weight is 245 g/mol. The minimum Gasteiger partial charge on any atom is -0.464 e. The molecule has 0 aromatic rings. The number of hydrogen-bond acceptors (Lipinski definition) is 4. The maximum atomic E-state index is 11.4. The Bertz CT molecular complexity index is 251. The first-order valence-corrected chi connectivity index (χ1v) is 5.86. The van der Waals surface area contributed by atoms with Gasteiger partial charge in [0, 0.05) is 7.05 Å². The molecule has 100 valence electrons. The first kappa shape index (κ1) is 15.7. The summed E-state index contributed by atoms with van der Waals surface area (Å²) in [6.07, 6.45) is -0.500. The molecule has 0 unspecified atom stereocenters. The third-order valence-electron chi connectivity index (χ3n) is 1.80. The van der Waals surface area contributed by atoms with E-state index < -0.39 is 12.1 Å². The summed E-state index contributed by atoms with van der Waals surface area (Å²) in [5.41, 5.74) is 0. The molecule has 0 aliphatic heterocycles. The van der Waals surface area contributed by atoms with Crippen LogP contribution in [0.25, 0.3) is 0 Å². The van der Waals surface area contributed by atoms with Crippen LogP contribution in [0.5, 0.6) is 0 Å². The van der Waals surface area contributed by atoms with Gasteiger partial charge in [0.05, 0.1) is 13.2 Å². The van der Waals surface area contributed by atoms with Crippen molar-refractivity contribution in [3.05, 3.63) is 0 Å². The summed E-state index contributed by atoms with van der Waals surface area (Å²) in [5.74, 6) is 0.153. The van der Waals surface area contributed by atoms with E-state index in [-0.39, 0.29) is 18.4 Å². The van der Waals surface area contributed by atoms with E-state index in [2.05, 4.69) is 0 Å². The lowest BCUT2D eigenvalue weighted by Gasteiger charge is -2.17. The normalized spacial score (nSPS) is 10.5. The molecule has 0 heterocycles. The lowest BCUT2D eigenvalue weighted by atomic mass is 10.2. The molecule has 1 amide bonds. The fourth-order valence-corrected chi connectivity index (χ4v) is 0.912. The van der Waals surface area contributed by atoms with Crippen LogP contribution in [0.1, 0.15) is 27.7 Å². The quantitative estimate of drug-likeness (QED) is 0.671. The number of hydrogen-bond donors (Lipinski definition) is 0. The molecule has 0 rings (SSSR count). The van der Waals surface area contributed by atoms with Gasteiger partial charge in [-0.25, -0.2) is 4.79 Å². The number of rotatable bonds is 6. The Balaban J connectivity index is 3.86. The monoisotopic (exact) mass is 245 g/mol. The second-order valence-electron chi connectivity index (χ2n) is 4.90. The van der Waals surface area contributed by atoms with Gasteiger partial charge < -0.3 is 14.4 Å². The largest absolute Gasteiger partial charge is 0.464 e. The molecule has 0 aliphatic carbocycles. The molecule has 5 heteroatoms. The summed E-state index contributed by atoms with van der Waals surface area (Å²) in [4.78, 5) is 24.0. The zero-order valence-electron chi connectivity index (χ0n) is 11.4. The van der Waals surface area contributed by atoms with E-state index in [4.69, 9.17) is 9.47 Å². The third-order valence-corrected chi connectivity index (χ3v) is 1.80. The topological polar surface area (TPSA) is 55.8 Å². The third kappa shape index (κ3) is 8.54. The van der Waals surface area contributed by atoms with Crippen LogP contribution in [0.2, 0.25) is 0 Å². The predicted octanol–water partition coefficient (Wildman–Crippen LogP) is 1.91. The maximum absolute atomic E-state index is 11.4. The van der Waals surface area contributed by atoms with Gasteiger partial charge in [-0.1, -0.05) is 27.7 Å². The van der Waals surface area contributed by atoms with E-state index in [9.17, 15) is 9.59 Å². The molecule has 0 aliphatic rings. The van der Waals surface area contributed by atoms with Crippen molar-refractivity contribution in [3.63, 3.8) is 0 Å². The van der Waals surface area contributed by atoms with Gasteiger partial charge in [-0.3, -0.25) is 4.79 Å². The van der Waals surface area contributed by atoms with Crippen molar-refractivity contribution >= 4 is 12.1 Å². The van der Waals surface area contributed by atoms with Gasteiger partial charge in [-0.2, -0.15) is 0 Å². The summed E-state index contributed by atoms with van der Waals surface area (Å²) >= 11 is 0. The molecule has 0 spiro atoms. The van der Waals surface area contributed by atoms with Crippen LogP contribution < -0.4 is 0 Å². The Morgan fingerprint density at radius 1 is 1.00 bits per heavy atom. The van der Waals surface area contributed by atoms with Crippen LogP contribution in [0.4, 0.5) is 4.79 Å². The van der Waals surface area contributed by atoms with Crippen molar-refractivity contribution in [1.82, 2.24) is 4.90 Å². The van der Waals surface area contributed by atoms with E-state index in [1.54, 1.807) is 0 Å². The lowest BCUT2D eigenvalue weighted by Crippen LogP contribution is -2.34. The Morgan fingerprint density at radius 3 is 1.94 bits per heavy atom. The van der Waals surface area contributed by atoms with Gasteiger partial charge in [0.1, 0.15) is 6.54 Å². The van der Waals surface area contributed by atoms with E-state index in [1.807, 2.05) is 27.7 Å². The molecule has 0 aromatic carbocycles. The zero-order valence-corrected chi connectivity index (χ0v) is 11.4. The van der Waals surface area contributed by atoms with Crippen LogP contribution in [0.15, 0.2) is 0 Å². The lowest BCUT2D eigenvalue weighted by molar-refractivity contribution is -0.145. The number of carbonyl (C=O) groups excluding carboxylic acids is 2. The minimum atomic E-state index is -0.500. The van der Waals surface area contributed by atoms with Gasteiger partial charge in [0.15, 0.2) is 0 Å². The van der Waals surface area contributed by atoms with Crippen molar-refractivity contribution in [1.29, 1.82) is 0 Å². The van der Waals surface area contributed by atoms with Crippen LogP contribution in [0.3, 0.4) is 0 Å². The smallest absolute Gasteiger partial charge is 0.410 e. The Kier molecular flexibility index (Phi) is 7.34. The number of amides is 1. The SMILES string of the molecule is CC(C)COC(=O)CN(C)C(=O)OCC(C)C. The fourth-order valence-electron chi connectivity index (χ4n) is 0.912. The van der Waals surface area contributed by atoms with Crippen LogP contribution in [-0.2, 0) is 14.3 Å². The molecule has 0 saturated carbocycles. The highest BCUT2D eigenvalue weighted by atomic mass is 16.6. The minimum absolute atomic E-state index is 0.0797. The molecule has 0 radical (unpaired) electrons. The van der Waals surface area contributed by atoms with Crippen molar-refractivity contribution in [2.24, 2.45) is 11.8 Å². The number of nitrogens with zero attached hydrogens (tertiary/aromatic N) is 1. The molecule has 0 bridgehead atoms. The predicted molar refractivity (Wildman–Crippen MR) is 64.6 cm³/mol. The highest BCUT2D eigenvalue weighted by Gasteiger charge is 2.15. The molecular weight excluding hydrogens is 222 g/mol. The molecule has 0 N–H and O–H groups in total. The van der Waals surface area contributed by atoms with Crippen LogP contribution in [0, 0.1) is 11.8 Å². The van der Waals surface area contributed by atoms with E-state index in [0.29, 0.717) is 13.2 Å². The first-order valence-electron chi connectivity index (χ1n) is 5.86. The molecule has 17 heavy (non-hydrogen) atoms. The highest BCUT2D eigenvalue weighted by Crippen LogP contribution is 1.98. The summed E-state index contributed by atoms with van der Waals surface area (Å²) in [6, 6.07) is 0. The fraction of sp³-hybridized carbons (Fsp3) is 0.833. The van der Waals surface area contributed by atoms with Crippen molar-refractivity contribution in [2.45, 2.75) is 27.7 Å². The molecular formula is C12H23NO4. The summed E-state index contributed by atoms with van der Waals surface area (Å²) in [6.45, 7) is 8.44. The average Bonchev–Trinajstić information content (AvgIpc) is 2.22. The number of esters is 1. The van der Waals surface area contributed by atoms with Crippen molar-refractivity contribution in [2.75, 3.05) is 26.8 Å². The van der Waals surface area contributed by atoms with Gasteiger partial charge >= 0.3 is 12.1 Å². The van der Waals surface area contributed by atoms with Crippen molar-refractivity contribution < 1.29 is 19.1 Å². The summed E-state index contributed by atoms with van der Waals surface area (Å²) in [7, 11) is 1.51. The molecule has 0 atom stereocenters. The van der Waals surface area contributed by atoms with Gasteiger partial charge in [0.2, 0.25) is 0 Å². The van der Waals surface area contributed by atoms with E-state index in [1.165, 1.54) is 11.9 Å².